The number of nitrogens with zero attached hydrogens (tertiary/aromatic N) is 1. The van der Waals surface area contributed by atoms with E-state index in [4.69, 9.17) is 5.26 Å². The van der Waals surface area contributed by atoms with Gasteiger partial charge in [0.05, 0.1) is 11.6 Å². The lowest BCUT2D eigenvalue weighted by molar-refractivity contribution is 0.867. The van der Waals surface area contributed by atoms with E-state index >= 15 is 0 Å². The van der Waals surface area contributed by atoms with Crippen LogP contribution in [0, 0.1) is 14.9 Å². The van der Waals surface area contributed by atoms with E-state index < -0.39 is 0 Å². The van der Waals surface area contributed by atoms with Crippen LogP contribution in [-0.4, -0.2) is 0 Å². The molecule has 2 aromatic rings. The second-order valence-corrected chi connectivity index (χ2v) is 5.75. The van der Waals surface area contributed by atoms with Crippen molar-refractivity contribution in [1.82, 2.24) is 0 Å². The number of halogens is 1. The van der Waals surface area contributed by atoms with Gasteiger partial charge in [-0.1, -0.05) is 38.1 Å². The Bertz CT molecular complexity index is 591. The van der Waals surface area contributed by atoms with Crippen LogP contribution in [0.1, 0.15) is 30.9 Å². The minimum Gasteiger partial charge on any atom is -0.192 e. The highest BCUT2D eigenvalue weighted by molar-refractivity contribution is 14.1. The second kappa shape index (κ2) is 5.53. The van der Waals surface area contributed by atoms with E-state index in [0.717, 1.165) is 5.56 Å². The van der Waals surface area contributed by atoms with E-state index in [-0.39, 0.29) is 0 Å². The average molecular weight is 347 g/mol. The average Bonchev–Trinajstić information content (AvgIpc) is 2.39. The molecule has 0 radical (unpaired) electrons. The van der Waals surface area contributed by atoms with Crippen LogP contribution < -0.4 is 0 Å². The SMILES string of the molecule is CC(C)c1ccc(-c2cc(C#N)ccc2I)cc1. The number of benzene rings is 2. The highest BCUT2D eigenvalue weighted by atomic mass is 127. The molecule has 0 fully saturated rings. The maximum atomic E-state index is 8.96. The molecule has 0 heterocycles. The molecular weight excluding hydrogens is 333 g/mol. The fourth-order valence-electron chi connectivity index (χ4n) is 1.86. The van der Waals surface area contributed by atoms with E-state index in [1.54, 1.807) is 0 Å². The lowest BCUT2D eigenvalue weighted by Crippen LogP contribution is -1.89. The molecule has 1 nitrogen and oxygen atoms in total. The largest absolute Gasteiger partial charge is 0.192 e. The van der Waals surface area contributed by atoms with Gasteiger partial charge in [0.15, 0.2) is 0 Å². The molecule has 2 rings (SSSR count). The van der Waals surface area contributed by atoms with Crippen molar-refractivity contribution < 1.29 is 0 Å². The molecule has 0 aliphatic heterocycles. The Labute approximate surface area is 122 Å². The fraction of sp³-hybridized carbons (Fsp3) is 0.188. The number of rotatable bonds is 2. The Hall–Kier alpha value is -1.34. The molecule has 18 heavy (non-hydrogen) atoms. The monoisotopic (exact) mass is 347 g/mol. The molecule has 0 bridgehead atoms. The van der Waals surface area contributed by atoms with Gasteiger partial charge in [-0.15, -0.1) is 0 Å². The molecule has 0 spiro atoms. The van der Waals surface area contributed by atoms with Crippen molar-refractivity contribution in [2.24, 2.45) is 0 Å². The van der Waals surface area contributed by atoms with Gasteiger partial charge >= 0.3 is 0 Å². The quantitative estimate of drug-likeness (QED) is 0.705. The molecule has 2 aromatic carbocycles. The molecule has 90 valence electrons. The molecule has 0 saturated heterocycles. The van der Waals surface area contributed by atoms with Gasteiger partial charge in [-0.25, -0.2) is 0 Å². The maximum absolute atomic E-state index is 8.96. The van der Waals surface area contributed by atoms with E-state index in [1.807, 2.05) is 18.2 Å². The smallest absolute Gasteiger partial charge is 0.0991 e. The van der Waals surface area contributed by atoms with Crippen molar-refractivity contribution in [2.45, 2.75) is 19.8 Å². The summed E-state index contributed by atoms with van der Waals surface area (Å²) < 4.78 is 1.17. The summed E-state index contributed by atoms with van der Waals surface area (Å²) in [6.07, 6.45) is 0. The zero-order valence-electron chi connectivity index (χ0n) is 10.4. The molecule has 0 aliphatic rings. The molecule has 0 N–H and O–H groups in total. The van der Waals surface area contributed by atoms with E-state index in [0.29, 0.717) is 11.5 Å². The summed E-state index contributed by atoms with van der Waals surface area (Å²) in [5, 5.41) is 8.96. The van der Waals surface area contributed by atoms with Gasteiger partial charge in [-0.3, -0.25) is 0 Å². The normalized spacial score (nSPS) is 10.4. The first-order valence-corrected chi connectivity index (χ1v) is 6.99. The molecule has 0 amide bonds. The molecule has 2 heteroatoms. The van der Waals surface area contributed by atoms with Crippen LogP contribution in [0.2, 0.25) is 0 Å². The van der Waals surface area contributed by atoms with E-state index in [2.05, 4.69) is 66.8 Å². The van der Waals surface area contributed by atoms with Crippen LogP contribution in [-0.2, 0) is 0 Å². The van der Waals surface area contributed by atoms with Crippen molar-refractivity contribution in [3.63, 3.8) is 0 Å². The molecule has 0 unspecified atom stereocenters. The minimum absolute atomic E-state index is 0.545. The minimum atomic E-state index is 0.545. The third-order valence-corrected chi connectivity index (χ3v) is 3.92. The van der Waals surface area contributed by atoms with Crippen molar-refractivity contribution >= 4 is 22.6 Å². The summed E-state index contributed by atoms with van der Waals surface area (Å²) in [6.45, 7) is 4.38. The lowest BCUT2D eigenvalue weighted by atomic mass is 9.98. The summed E-state index contributed by atoms with van der Waals surface area (Å²) in [5.74, 6) is 0.545. The van der Waals surface area contributed by atoms with Crippen molar-refractivity contribution in [3.8, 4) is 17.2 Å². The fourth-order valence-corrected chi connectivity index (χ4v) is 2.51. The summed E-state index contributed by atoms with van der Waals surface area (Å²) in [5.41, 5.74) is 4.34. The van der Waals surface area contributed by atoms with Crippen molar-refractivity contribution in [1.29, 1.82) is 5.26 Å². The number of hydrogen-bond donors (Lipinski definition) is 0. The first-order valence-electron chi connectivity index (χ1n) is 5.92. The van der Waals surface area contributed by atoms with Crippen LogP contribution in [0.4, 0.5) is 0 Å². The Balaban J connectivity index is 2.45. The van der Waals surface area contributed by atoms with Crippen molar-refractivity contribution in [2.75, 3.05) is 0 Å². The van der Waals surface area contributed by atoms with Crippen LogP contribution in [0.3, 0.4) is 0 Å². The summed E-state index contributed by atoms with van der Waals surface area (Å²) in [7, 11) is 0. The zero-order valence-corrected chi connectivity index (χ0v) is 12.6. The standard InChI is InChI=1S/C16H14IN/c1-11(2)13-4-6-14(7-5-13)15-9-12(10-18)3-8-16(15)17/h3-9,11H,1-2H3. The maximum Gasteiger partial charge on any atom is 0.0991 e. The van der Waals surface area contributed by atoms with Gasteiger partial charge in [0.25, 0.3) is 0 Å². The van der Waals surface area contributed by atoms with Crippen LogP contribution in [0.25, 0.3) is 11.1 Å². The van der Waals surface area contributed by atoms with Crippen LogP contribution in [0.5, 0.6) is 0 Å². The second-order valence-electron chi connectivity index (χ2n) is 4.58. The van der Waals surface area contributed by atoms with Gasteiger partial charge in [0, 0.05) is 3.57 Å². The summed E-state index contributed by atoms with van der Waals surface area (Å²) in [4.78, 5) is 0. The molecular formula is C16H14IN. The van der Waals surface area contributed by atoms with Crippen LogP contribution in [0.15, 0.2) is 42.5 Å². The van der Waals surface area contributed by atoms with Crippen molar-refractivity contribution in [3.05, 3.63) is 57.2 Å². The third-order valence-electron chi connectivity index (χ3n) is 2.98. The number of nitriles is 1. The van der Waals surface area contributed by atoms with Gasteiger partial charge in [-0.05, 0) is 63.4 Å². The van der Waals surface area contributed by atoms with Gasteiger partial charge in [-0.2, -0.15) is 5.26 Å². The van der Waals surface area contributed by atoms with Gasteiger partial charge in [0.2, 0.25) is 0 Å². The first kappa shape index (κ1) is 13.1. The van der Waals surface area contributed by atoms with E-state index in [1.165, 1.54) is 14.7 Å². The summed E-state index contributed by atoms with van der Waals surface area (Å²) >= 11 is 2.31. The molecule has 0 atom stereocenters. The molecule has 0 aromatic heterocycles. The predicted octanol–water partition coefficient (Wildman–Crippen LogP) is 4.95. The Kier molecular flexibility index (Phi) is 4.03. The Morgan fingerprint density at radius 3 is 2.28 bits per heavy atom. The number of hydrogen-bond acceptors (Lipinski definition) is 1. The van der Waals surface area contributed by atoms with Gasteiger partial charge in [0.1, 0.15) is 0 Å². The Morgan fingerprint density at radius 2 is 1.72 bits per heavy atom. The first-order chi connectivity index (χ1) is 8.61. The lowest BCUT2D eigenvalue weighted by Gasteiger charge is -2.09. The van der Waals surface area contributed by atoms with Gasteiger partial charge < -0.3 is 0 Å². The van der Waals surface area contributed by atoms with Crippen LogP contribution >= 0.6 is 22.6 Å². The highest BCUT2D eigenvalue weighted by Crippen LogP contribution is 2.27. The zero-order chi connectivity index (χ0) is 13.1. The highest BCUT2D eigenvalue weighted by Gasteiger charge is 2.05. The predicted molar refractivity (Wildman–Crippen MR) is 83.4 cm³/mol. The Morgan fingerprint density at radius 1 is 1.06 bits per heavy atom. The van der Waals surface area contributed by atoms with E-state index in [9.17, 15) is 0 Å². The molecule has 0 saturated carbocycles. The molecule has 0 aliphatic carbocycles. The topological polar surface area (TPSA) is 23.8 Å². The summed E-state index contributed by atoms with van der Waals surface area (Å²) in [6, 6.07) is 16.6. The third kappa shape index (κ3) is 2.73.